The van der Waals surface area contributed by atoms with Crippen LogP contribution in [0.25, 0.3) is 0 Å². The van der Waals surface area contributed by atoms with Gasteiger partial charge in [0.2, 0.25) is 17.7 Å². The summed E-state index contributed by atoms with van der Waals surface area (Å²) in [5, 5.41) is 11.8. The predicted octanol–water partition coefficient (Wildman–Crippen LogP) is 2.75. The second-order valence-electron chi connectivity index (χ2n) is 12.2. The fourth-order valence-electron chi connectivity index (χ4n) is 4.89. The van der Waals surface area contributed by atoms with Gasteiger partial charge in [0.05, 0.1) is 6.04 Å². The summed E-state index contributed by atoms with van der Waals surface area (Å²) in [5.74, 6) is -1.12. The van der Waals surface area contributed by atoms with Crippen LogP contribution in [0.15, 0.2) is 54.6 Å². The Labute approximate surface area is 243 Å². The van der Waals surface area contributed by atoms with Gasteiger partial charge in [0.15, 0.2) is 0 Å². The molecule has 4 amide bonds. The number of hydrogen-bond donors (Lipinski definition) is 4. The lowest BCUT2D eigenvalue weighted by molar-refractivity contribution is -0.144. The van der Waals surface area contributed by atoms with Crippen molar-refractivity contribution in [2.45, 2.75) is 78.0 Å². The Hall–Kier alpha value is -3.72. The monoisotopic (exact) mass is 563 g/mol. The molecular weight excluding hydrogens is 518 g/mol. The third kappa shape index (κ3) is 8.39. The molecule has 0 bridgehead atoms. The second-order valence-corrected chi connectivity index (χ2v) is 12.2. The van der Waals surface area contributed by atoms with Crippen molar-refractivity contribution in [3.63, 3.8) is 0 Å². The van der Waals surface area contributed by atoms with Gasteiger partial charge in [-0.25, -0.2) is 0 Å². The number of aryl methyl sites for hydroxylation is 1. The Morgan fingerprint density at radius 2 is 1.61 bits per heavy atom. The Morgan fingerprint density at radius 1 is 0.976 bits per heavy atom. The lowest BCUT2D eigenvalue weighted by Crippen LogP contribution is -2.59. The van der Waals surface area contributed by atoms with Crippen LogP contribution in [0.1, 0.15) is 68.4 Å². The molecular formula is C32H45N5O4. The summed E-state index contributed by atoms with van der Waals surface area (Å²) >= 11 is 0. The van der Waals surface area contributed by atoms with E-state index in [9.17, 15) is 19.2 Å². The first-order chi connectivity index (χ1) is 19.3. The minimum Gasteiger partial charge on any atom is -0.354 e. The van der Waals surface area contributed by atoms with E-state index >= 15 is 0 Å². The van der Waals surface area contributed by atoms with Crippen LogP contribution in [0, 0.1) is 12.3 Å². The van der Waals surface area contributed by atoms with Crippen molar-refractivity contribution < 1.29 is 19.2 Å². The molecule has 9 nitrogen and oxygen atoms in total. The summed E-state index contributed by atoms with van der Waals surface area (Å²) in [6.45, 7) is 11.9. The fraction of sp³-hybridized carbons (Fsp3) is 0.500. The Morgan fingerprint density at radius 3 is 2.20 bits per heavy atom. The van der Waals surface area contributed by atoms with Crippen LogP contribution in [0.4, 0.5) is 0 Å². The van der Waals surface area contributed by atoms with Gasteiger partial charge in [0.1, 0.15) is 12.1 Å². The molecule has 41 heavy (non-hydrogen) atoms. The van der Waals surface area contributed by atoms with Gasteiger partial charge in [-0.3, -0.25) is 19.2 Å². The summed E-state index contributed by atoms with van der Waals surface area (Å²) in [7, 11) is 1.68. The smallest absolute Gasteiger partial charge is 0.251 e. The summed E-state index contributed by atoms with van der Waals surface area (Å²) < 4.78 is 0. The maximum atomic E-state index is 14.0. The van der Waals surface area contributed by atoms with Gasteiger partial charge in [-0.1, -0.05) is 75.7 Å². The molecule has 2 aromatic rings. The van der Waals surface area contributed by atoms with E-state index in [1.54, 1.807) is 26.1 Å². The van der Waals surface area contributed by atoms with E-state index < -0.39 is 29.6 Å². The highest BCUT2D eigenvalue weighted by molar-refractivity contribution is 5.96. The molecule has 0 unspecified atom stereocenters. The minimum atomic E-state index is -0.865. The summed E-state index contributed by atoms with van der Waals surface area (Å²) in [4.78, 5) is 54.9. The zero-order chi connectivity index (χ0) is 30.3. The molecule has 4 N–H and O–H groups in total. The number of benzene rings is 2. The molecule has 9 heteroatoms. The van der Waals surface area contributed by atoms with E-state index in [0.29, 0.717) is 12.1 Å². The van der Waals surface area contributed by atoms with Crippen molar-refractivity contribution in [3.05, 3.63) is 71.3 Å². The van der Waals surface area contributed by atoms with Crippen molar-refractivity contribution in [1.82, 2.24) is 26.2 Å². The predicted molar refractivity (Wildman–Crippen MR) is 160 cm³/mol. The van der Waals surface area contributed by atoms with Crippen LogP contribution in [-0.4, -0.2) is 72.8 Å². The second kappa shape index (κ2) is 13.8. The third-order valence-electron chi connectivity index (χ3n) is 7.71. The maximum Gasteiger partial charge on any atom is 0.251 e. The molecule has 5 atom stereocenters. The van der Waals surface area contributed by atoms with Gasteiger partial charge in [-0.05, 0) is 56.3 Å². The number of carbonyl (C=O) groups excluding carboxylic acids is 4. The van der Waals surface area contributed by atoms with Crippen LogP contribution >= 0.6 is 0 Å². The molecule has 0 saturated carbocycles. The number of likely N-dealkylation sites (tertiary alicyclic amines) is 1. The number of nitrogens with one attached hydrogen (secondary N) is 4. The molecule has 2 aromatic carbocycles. The zero-order valence-electron chi connectivity index (χ0n) is 25.3. The van der Waals surface area contributed by atoms with Crippen molar-refractivity contribution in [3.8, 4) is 0 Å². The van der Waals surface area contributed by atoms with E-state index in [2.05, 4.69) is 21.3 Å². The van der Waals surface area contributed by atoms with Crippen molar-refractivity contribution >= 4 is 23.6 Å². The van der Waals surface area contributed by atoms with E-state index in [4.69, 9.17) is 0 Å². The molecule has 1 fully saturated rings. The van der Waals surface area contributed by atoms with Crippen LogP contribution < -0.4 is 21.3 Å². The Kier molecular flexibility index (Phi) is 10.7. The largest absolute Gasteiger partial charge is 0.354 e. The highest BCUT2D eigenvalue weighted by Crippen LogP contribution is 2.27. The number of hydrogen-bond acceptors (Lipinski definition) is 5. The molecule has 1 aliphatic heterocycles. The standard InChI is InChI=1S/C32H45N5O4/c1-20-13-15-24(16-14-20)29(39)35-25-17-26(30(40)34-18-21(2)23-11-9-8-10-12-23)37(19-25)31(41)27(32(4,5)6)36-28(38)22(3)33-7/h8-16,21-22,25-27,33H,17-19H2,1-7H3,(H,34,40)(H,35,39)(H,36,38)/t21-,22+,25+,26+,27-/m1/s1. The molecule has 0 spiro atoms. The van der Waals surface area contributed by atoms with Gasteiger partial charge in [-0.2, -0.15) is 0 Å². The van der Waals surface area contributed by atoms with Gasteiger partial charge in [0, 0.05) is 24.7 Å². The SMILES string of the molecule is CN[C@@H](C)C(=O)N[C@H](C(=O)N1C[C@@H](NC(=O)c2ccc(C)cc2)C[C@H]1C(=O)NC[C@@H](C)c1ccccc1)C(C)(C)C. The van der Waals surface area contributed by atoms with Crippen molar-refractivity contribution in [2.24, 2.45) is 5.41 Å². The van der Waals surface area contributed by atoms with Gasteiger partial charge in [-0.15, -0.1) is 0 Å². The highest BCUT2D eigenvalue weighted by atomic mass is 16.2. The van der Waals surface area contributed by atoms with Crippen LogP contribution in [-0.2, 0) is 14.4 Å². The molecule has 222 valence electrons. The van der Waals surface area contributed by atoms with E-state index in [1.807, 2.05) is 77.1 Å². The van der Waals surface area contributed by atoms with Crippen LogP contribution in [0.3, 0.4) is 0 Å². The topological polar surface area (TPSA) is 120 Å². The molecule has 3 rings (SSSR count). The normalized spacial score (nSPS) is 19.1. The molecule has 0 aliphatic carbocycles. The average Bonchev–Trinajstić information content (AvgIpc) is 3.37. The fourth-order valence-corrected chi connectivity index (χ4v) is 4.89. The summed E-state index contributed by atoms with van der Waals surface area (Å²) in [5.41, 5.74) is 2.04. The van der Waals surface area contributed by atoms with Crippen LogP contribution in [0.5, 0.6) is 0 Å². The minimum absolute atomic E-state index is 0.0763. The van der Waals surface area contributed by atoms with Gasteiger partial charge in [0.25, 0.3) is 5.91 Å². The molecule has 1 aliphatic rings. The van der Waals surface area contributed by atoms with Gasteiger partial charge < -0.3 is 26.2 Å². The van der Waals surface area contributed by atoms with Crippen molar-refractivity contribution in [2.75, 3.05) is 20.1 Å². The lowest BCUT2D eigenvalue weighted by atomic mass is 9.85. The molecule has 0 radical (unpaired) electrons. The lowest BCUT2D eigenvalue weighted by Gasteiger charge is -2.36. The molecule has 1 heterocycles. The van der Waals surface area contributed by atoms with Gasteiger partial charge >= 0.3 is 0 Å². The highest BCUT2D eigenvalue weighted by Gasteiger charge is 2.45. The van der Waals surface area contributed by atoms with E-state index in [-0.39, 0.29) is 42.5 Å². The molecule has 1 saturated heterocycles. The number of likely N-dealkylation sites (N-methyl/N-ethyl adjacent to an activating group) is 1. The number of rotatable bonds is 10. The maximum absolute atomic E-state index is 14.0. The third-order valence-corrected chi connectivity index (χ3v) is 7.71. The summed E-state index contributed by atoms with van der Waals surface area (Å²) in [6.07, 6.45) is 0.270. The van der Waals surface area contributed by atoms with E-state index in [1.165, 1.54) is 4.90 Å². The molecule has 0 aromatic heterocycles. The quantitative estimate of drug-likeness (QED) is 0.355. The Balaban J connectivity index is 1.82. The number of carbonyl (C=O) groups is 4. The van der Waals surface area contributed by atoms with Crippen molar-refractivity contribution in [1.29, 1.82) is 0 Å². The number of nitrogens with zero attached hydrogens (tertiary/aromatic N) is 1. The van der Waals surface area contributed by atoms with Crippen LogP contribution in [0.2, 0.25) is 0 Å². The summed E-state index contributed by atoms with van der Waals surface area (Å²) in [6, 6.07) is 14.6. The first-order valence-electron chi connectivity index (χ1n) is 14.3. The average molecular weight is 564 g/mol. The van der Waals surface area contributed by atoms with E-state index in [0.717, 1.165) is 11.1 Å². The number of amides is 4. The first kappa shape index (κ1) is 31.8. The first-order valence-corrected chi connectivity index (χ1v) is 14.3. The zero-order valence-corrected chi connectivity index (χ0v) is 25.3. The Bertz CT molecular complexity index is 1210.